The first-order chi connectivity index (χ1) is 13.0. The fraction of sp³-hybridized carbons (Fsp3) is 0.632. The van der Waals surface area contributed by atoms with E-state index in [4.69, 9.17) is 9.47 Å². The number of sulfonamides is 1. The van der Waals surface area contributed by atoms with Gasteiger partial charge in [-0.1, -0.05) is 12.8 Å². The van der Waals surface area contributed by atoms with Gasteiger partial charge < -0.3 is 14.4 Å². The topological polar surface area (TPSA) is 84.9 Å². The lowest BCUT2D eigenvalue weighted by atomic mass is 9.78. The third-order valence-electron chi connectivity index (χ3n) is 5.64. The van der Waals surface area contributed by atoms with Crippen LogP contribution in [0.15, 0.2) is 23.1 Å². The Morgan fingerprint density at radius 3 is 2.56 bits per heavy atom. The van der Waals surface area contributed by atoms with Crippen molar-refractivity contribution in [1.29, 1.82) is 0 Å². The zero-order valence-corrected chi connectivity index (χ0v) is 16.8. The van der Waals surface area contributed by atoms with Gasteiger partial charge in [0.25, 0.3) is 0 Å². The molecule has 1 saturated heterocycles. The van der Waals surface area contributed by atoms with Gasteiger partial charge in [-0.25, -0.2) is 13.1 Å². The first-order valence-electron chi connectivity index (χ1n) is 9.47. The number of carbonyl (C=O) groups excluding carboxylic acids is 1. The monoisotopic (exact) mass is 396 g/mol. The van der Waals surface area contributed by atoms with Gasteiger partial charge in [-0.3, -0.25) is 4.79 Å². The van der Waals surface area contributed by atoms with Crippen LogP contribution in [0, 0.1) is 5.92 Å². The van der Waals surface area contributed by atoms with E-state index in [0.29, 0.717) is 17.4 Å². The molecule has 0 unspecified atom stereocenters. The Morgan fingerprint density at radius 1 is 1.11 bits per heavy atom. The van der Waals surface area contributed by atoms with Crippen LogP contribution in [-0.2, 0) is 14.8 Å². The quantitative estimate of drug-likeness (QED) is 0.797. The molecule has 1 aliphatic heterocycles. The van der Waals surface area contributed by atoms with Gasteiger partial charge >= 0.3 is 0 Å². The highest BCUT2D eigenvalue weighted by Crippen LogP contribution is 2.35. The molecule has 0 aromatic heterocycles. The molecular weight excluding hydrogens is 368 g/mol. The Bertz CT molecular complexity index is 778. The summed E-state index contributed by atoms with van der Waals surface area (Å²) >= 11 is 0. The third kappa shape index (κ3) is 4.38. The number of carbonyl (C=O) groups is 1. The van der Waals surface area contributed by atoms with Gasteiger partial charge in [-0.15, -0.1) is 0 Å². The van der Waals surface area contributed by atoms with E-state index in [-0.39, 0.29) is 23.4 Å². The van der Waals surface area contributed by atoms with Crippen LogP contribution in [0.1, 0.15) is 38.5 Å². The molecule has 1 aliphatic carbocycles. The van der Waals surface area contributed by atoms with E-state index in [2.05, 4.69) is 4.72 Å². The summed E-state index contributed by atoms with van der Waals surface area (Å²) in [4.78, 5) is 14.6. The van der Waals surface area contributed by atoms with Crippen LogP contribution in [0.2, 0.25) is 0 Å². The number of nitrogens with one attached hydrogen (secondary N) is 1. The highest BCUT2D eigenvalue weighted by atomic mass is 32.2. The summed E-state index contributed by atoms with van der Waals surface area (Å²) in [5, 5.41) is 0. The van der Waals surface area contributed by atoms with Gasteiger partial charge in [0, 0.05) is 18.7 Å². The van der Waals surface area contributed by atoms with Crippen LogP contribution in [0.4, 0.5) is 0 Å². The van der Waals surface area contributed by atoms with E-state index < -0.39 is 10.0 Å². The standard InChI is InChI=1S/C19H28N2O5S/c1-25-17-10-9-15(12-18(17)26-2)27(23,24)20-13-19(22)21-11-5-7-14-6-3-4-8-16(14)21/h9-10,12,14,16,20H,3-8,11,13H2,1-2H3/t14-,16-/m0/s1. The van der Waals surface area contributed by atoms with Gasteiger partial charge in [-0.05, 0) is 43.7 Å². The molecule has 3 rings (SSSR count). The SMILES string of the molecule is COc1ccc(S(=O)(=O)NCC(=O)N2CCC[C@@H]3CCCC[C@@H]32)cc1OC. The van der Waals surface area contributed by atoms with Crippen molar-refractivity contribution in [3.8, 4) is 11.5 Å². The maximum atomic E-state index is 12.7. The molecule has 2 atom stereocenters. The summed E-state index contributed by atoms with van der Waals surface area (Å²) < 4.78 is 37.9. The number of amides is 1. The maximum Gasteiger partial charge on any atom is 0.241 e. The van der Waals surface area contributed by atoms with Crippen molar-refractivity contribution in [1.82, 2.24) is 9.62 Å². The number of ether oxygens (including phenoxy) is 2. The van der Waals surface area contributed by atoms with E-state index in [9.17, 15) is 13.2 Å². The van der Waals surface area contributed by atoms with E-state index >= 15 is 0 Å². The van der Waals surface area contributed by atoms with Crippen LogP contribution >= 0.6 is 0 Å². The number of piperidine rings is 1. The average molecular weight is 397 g/mol. The van der Waals surface area contributed by atoms with Gasteiger partial charge in [0.2, 0.25) is 15.9 Å². The maximum absolute atomic E-state index is 12.7. The second kappa shape index (κ2) is 8.48. The molecule has 1 amide bonds. The minimum Gasteiger partial charge on any atom is -0.493 e. The smallest absolute Gasteiger partial charge is 0.241 e. The molecule has 1 aromatic rings. The fourth-order valence-electron chi connectivity index (χ4n) is 4.26. The molecule has 1 heterocycles. The Hall–Kier alpha value is -1.80. The molecule has 8 heteroatoms. The van der Waals surface area contributed by atoms with Crippen LogP contribution in [0.5, 0.6) is 11.5 Å². The summed E-state index contributed by atoms with van der Waals surface area (Å²) in [5.74, 6) is 1.20. The second-order valence-corrected chi connectivity index (χ2v) is 8.95. The lowest BCUT2D eigenvalue weighted by Crippen LogP contribution is -2.52. The van der Waals surface area contributed by atoms with Gasteiger partial charge in [-0.2, -0.15) is 0 Å². The predicted octanol–water partition coefficient (Wildman–Crippen LogP) is 2.16. The lowest BCUT2D eigenvalue weighted by Gasteiger charge is -2.44. The molecule has 0 spiro atoms. The Morgan fingerprint density at radius 2 is 1.81 bits per heavy atom. The molecule has 27 heavy (non-hydrogen) atoms. The van der Waals surface area contributed by atoms with Crippen LogP contribution in [0.3, 0.4) is 0 Å². The van der Waals surface area contributed by atoms with E-state index in [1.54, 1.807) is 0 Å². The molecule has 150 valence electrons. The van der Waals surface area contributed by atoms with Gasteiger partial charge in [0.15, 0.2) is 11.5 Å². The number of hydrogen-bond acceptors (Lipinski definition) is 5. The highest BCUT2D eigenvalue weighted by molar-refractivity contribution is 7.89. The van der Waals surface area contributed by atoms with Gasteiger partial charge in [0.05, 0.1) is 25.7 Å². The highest BCUT2D eigenvalue weighted by Gasteiger charge is 2.35. The molecular formula is C19H28N2O5S. The van der Waals surface area contributed by atoms with Crippen molar-refractivity contribution in [2.24, 2.45) is 5.92 Å². The first kappa shape index (κ1) is 19.9. The van der Waals surface area contributed by atoms with Crippen molar-refractivity contribution in [2.75, 3.05) is 27.3 Å². The van der Waals surface area contributed by atoms with Crippen molar-refractivity contribution in [3.05, 3.63) is 18.2 Å². The predicted molar refractivity (Wildman–Crippen MR) is 101 cm³/mol. The minimum atomic E-state index is -3.81. The first-order valence-corrected chi connectivity index (χ1v) is 11.0. The molecule has 1 aromatic carbocycles. The normalized spacial score (nSPS) is 22.8. The molecule has 1 N–H and O–H groups in total. The Labute approximate surface area is 161 Å². The lowest BCUT2D eigenvalue weighted by molar-refractivity contribution is -0.136. The Balaban J connectivity index is 1.67. The molecule has 0 radical (unpaired) electrons. The minimum absolute atomic E-state index is 0.0436. The number of nitrogens with zero attached hydrogens (tertiary/aromatic N) is 1. The average Bonchev–Trinajstić information content (AvgIpc) is 2.71. The van der Waals surface area contributed by atoms with E-state index in [1.807, 2.05) is 4.90 Å². The zero-order chi connectivity index (χ0) is 19.4. The molecule has 0 bridgehead atoms. The van der Waals surface area contributed by atoms with Gasteiger partial charge in [0.1, 0.15) is 0 Å². The number of hydrogen-bond donors (Lipinski definition) is 1. The van der Waals surface area contributed by atoms with Crippen molar-refractivity contribution < 1.29 is 22.7 Å². The number of fused-ring (bicyclic) bond motifs is 1. The molecule has 2 aliphatic rings. The third-order valence-corrected chi connectivity index (χ3v) is 7.04. The summed E-state index contributed by atoms with van der Waals surface area (Å²) in [6.45, 7) is 0.498. The molecule has 2 fully saturated rings. The van der Waals surface area contributed by atoms with Crippen LogP contribution < -0.4 is 14.2 Å². The summed E-state index contributed by atoms with van der Waals surface area (Å²) in [7, 11) is -0.881. The summed E-state index contributed by atoms with van der Waals surface area (Å²) in [6, 6.07) is 4.63. The number of benzene rings is 1. The zero-order valence-electron chi connectivity index (χ0n) is 15.9. The number of rotatable bonds is 6. The molecule has 7 nitrogen and oxygen atoms in total. The van der Waals surface area contributed by atoms with Crippen molar-refractivity contribution in [3.63, 3.8) is 0 Å². The molecule has 1 saturated carbocycles. The second-order valence-electron chi connectivity index (χ2n) is 7.18. The van der Waals surface area contributed by atoms with Crippen LogP contribution in [0.25, 0.3) is 0 Å². The Kier molecular flexibility index (Phi) is 6.26. The van der Waals surface area contributed by atoms with Crippen molar-refractivity contribution >= 4 is 15.9 Å². The van der Waals surface area contributed by atoms with E-state index in [1.165, 1.54) is 51.7 Å². The van der Waals surface area contributed by atoms with Crippen molar-refractivity contribution in [2.45, 2.75) is 49.5 Å². The number of methoxy groups -OCH3 is 2. The largest absolute Gasteiger partial charge is 0.493 e. The van der Waals surface area contributed by atoms with E-state index in [0.717, 1.165) is 25.8 Å². The summed E-state index contributed by atoms with van der Waals surface area (Å²) in [6.07, 6.45) is 6.74. The number of likely N-dealkylation sites (tertiary alicyclic amines) is 1. The van der Waals surface area contributed by atoms with Crippen LogP contribution in [-0.4, -0.2) is 52.6 Å². The summed E-state index contributed by atoms with van der Waals surface area (Å²) in [5.41, 5.74) is 0. The fourth-order valence-corrected chi connectivity index (χ4v) is 5.25.